The molecule has 0 N–H and O–H groups in total. The van der Waals surface area contributed by atoms with E-state index in [1.807, 2.05) is 0 Å². The van der Waals surface area contributed by atoms with Crippen LogP contribution in [0.5, 0.6) is 0 Å². The molecule has 1 rings (SSSR count). The molecule has 0 aliphatic carbocycles. The zero-order chi connectivity index (χ0) is 8.97. The second-order valence-electron chi connectivity index (χ2n) is 3.05. The Hall–Kier alpha value is 0.567. The fourth-order valence-corrected chi connectivity index (χ4v) is 2.91. The van der Waals surface area contributed by atoms with Crippen LogP contribution < -0.4 is 3.61 Å². The van der Waals surface area contributed by atoms with Crippen LogP contribution in [0, 0.1) is 0 Å². The van der Waals surface area contributed by atoms with E-state index in [1.165, 1.54) is 5.56 Å². The number of nitrogens with zero attached hydrogens (tertiary/aromatic N) is 1. The first kappa shape index (κ1) is 10.6. The van der Waals surface area contributed by atoms with E-state index in [4.69, 9.17) is 0 Å². The number of benzene rings is 1. The molecule has 0 radical (unpaired) electrons. The Bertz CT molecular complexity index is 250. The first-order valence-corrected chi connectivity index (χ1v) is 7.50. The van der Waals surface area contributed by atoms with Crippen LogP contribution in [0.25, 0.3) is 0 Å². The van der Waals surface area contributed by atoms with E-state index in [9.17, 15) is 0 Å². The Morgan fingerprint density at radius 1 is 1.33 bits per heavy atom. The van der Waals surface area contributed by atoms with Crippen molar-refractivity contribution >= 4 is 36.2 Å². The van der Waals surface area contributed by atoms with Crippen molar-refractivity contribution in [3.63, 3.8) is 0 Å². The molecule has 12 heavy (non-hydrogen) atoms. The average molecular weight is 269 g/mol. The van der Waals surface area contributed by atoms with Crippen molar-refractivity contribution in [3.8, 4) is 0 Å². The molecule has 0 aromatic heterocycles. The summed E-state index contributed by atoms with van der Waals surface area (Å²) in [5.41, 5.74) is 1.51. The first-order valence-electron chi connectivity index (χ1n) is 4.00. The van der Waals surface area contributed by atoms with E-state index >= 15 is 0 Å². The third kappa shape index (κ3) is 3.13. The van der Waals surface area contributed by atoms with Gasteiger partial charge in [-0.15, -0.1) is 0 Å². The predicted molar refractivity (Wildman–Crippen MR) is 55.0 cm³/mol. The van der Waals surface area contributed by atoms with E-state index < -0.39 is 0 Å². The van der Waals surface area contributed by atoms with Crippen molar-refractivity contribution in [2.45, 2.75) is 6.54 Å². The van der Waals surface area contributed by atoms with Gasteiger partial charge < -0.3 is 0 Å². The second-order valence-corrected chi connectivity index (χ2v) is 5.47. The van der Waals surface area contributed by atoms with Crippen molar-refractivity contribution in [1.82, 2.24) is 4.90 Å². The van der Waals surface area contributed by atoms with Crippen LogP contribution in [0.15, 0.2) is 24.3 Å². The van der Waals surface area contributed by atoms with Crippen LogP contribution in [0.3, 0.4) is 0 Å². The maximum absolute atomic E-state index is 2.33. The third-order valence-corrected chi connectivity index (χ3v) is 4.07. The molecular weight excluding hydrogens is 257 g/mol. The van der Waals surface area contributed by atoms with Gasteiger partial charge in [0.15, 0.2) is 0 Å². The van der Waals surface area contributed by atoms with E-state index in [-0.39, 0.29) is 18.3 Å². The Morgan fingerprint density at radius 3 is 2.58 bits per heavy atom. The number of rotatable bonds is 3. The zero-order valence-corrected chi connectivity index (χ0v) is 10.2. The monoisotopic (exact) mass is 271 g/mol. The molecule has 0 amide bonds. The zero-order valence-electron chi connectivity index (χ0n) is 7.87. The summed E-state index contributed by atoms with van der Waals surface area (Å²) in [5, 5.41) is 0. The molecule has 0 aliphatic heterocycles. The average Bonchev–Trinajstić information content (AvgIpc) is 2.04. The van der Waals surface area contributed by atoms with Gasteiger partial charge in [0.25, 0.3) is 0 Å². The summed E-state index contributed by atoms with van der Waals surface area (Å²) in [6.45, 7) is 1.08. The Morgan fingerprint density at radius 2 is 2.00 bits per heavy atom. The van der Waals surface area contributed by atoms with Gasteiger partial charge in [-0.05, 0) is 0 Å². The van der Waals surface area contributed by atoms with E-state index in [2.05, 4.69) is 57.6 Å². The molecule has 0 unspecified atom stereocenters. The fourth-order valence-electron chi connectivity index (χ4n) is 1.17. The summed E-state index contributed by atoms with van der Waals surface area (Å²) < 4.78 is 1.59. The summed E-state index contributed by atoms with van der Waals surface area (Å²) in [5.74, 6) is 0. The van der Waals surface area contributed by atoms with Crippen molar-refractivity contribution in [2.75, 3.05) is 14.1 Å². The molecule has 1 aromatic rings. The molecule has 0 spiro atoms. The van der Waals surface area contributed by atoms with Crippen molar-refractivity contribution in [2.24, 2.45) is 0 Å². The molecule has 0 aliphatic rings. The molecule has 0 atom stereocenters. The van der Waals surface area contributed by atoms with Gasteiger partial charge in [-0.25, -0.2) is 0 Å². The molecule has 0 fully saturated rings. The molecule has 0 saturated heterocycles. The van der Waals surface area contributed by atoms with Crippen molar-refractivity contribution in [3.05, 3.63) is 29.8 Å². The Kier molecular flexibility index (Phi) is 4.73. The van der Waals surface area contributed by atoms with Crippen LogP contribution in [0.2, 0.25) is 0 Å². The Labute approximate surface area is 91.0 Å². The van der Waals surface area contributed by atoms with Gasteiger partial charge in [-0.1, -0.05) is 0 Å². The van der Waals surface area contributed by atoms with E-state index in [0.717, 1.165) is 6.54 Å². The topological polar surface area (TPSA) is 3.24 Å². The summed E-state index contributed by atoms with van der Waals surface area (Å²) in [7, 11) is 4.24. The molecule has 0 heterocycles. The number of hydrogen-bond acceptors (Lipinski definition) is 1. The molecule has 0 saturated carbocycles. The van der Waals surface area contributed by atoms with Gasteiger partial charge in [0, 0.05) is 0 Å². The SMILES string of the molecule is [Li][Te]c1ccccc1CN(C)C. The van der Waals surface area contributed by atoms with Crippen LogP contribution in [0.4, 0.5) is 0 Å². The fraction of sp³-hybridized carbons (Fsp3) is 0.333. The van der Waals surface area contributed by atoms with Gasteiger partial charge in [0.1, 0.15) is 0 Å². The molecule has 60 valence electrons. The van der Waals surface area contributed by atoms with Gasteiger partial charge >= 0.3 is 91.6 Å². The third-order valence-electron chi connectivity index (χ3n) is 1.68. The summed E-state index contributed by atoms with van der Waals surface area (Å²) in [6, 6.07) is 8.78. The van der Waals surface area contributed by atoms with Gasteiger partial charge in [0.05, 0.1) is 0 Å². The molecule has 1 nitrogen and oxygen atoms in total. The second kappa shape index (κ2) is 5.33. The summed E-state index contributed by atoms with van der Waals surface area (Å²) >= 11 is 2.40. The summed E-state index contributed by atoms with van der Waals surface area (Å²) in [4.78, 5) is 2.22. The van der Waals surface area contributed by atoms with Gasteiger partial charge in [-0.3, -0.25) is 0 Å². The predicted octanol–water partition coefficient (Wildman–Crippen LogP) is 0.161. The van der Waals surface area contributed by atoms with E-state index in [1.54, 1.807) is 3.61 Å². The minimum absolute atomic E-state index is 0.0654. The quantitative estimate of drug-likeness (QED) is 0.706. The molecular formula is C9H12LiNTe. The molecule has 1 aromatic carbocycles. The van der Waals surface area contributed by atoms with Crippen LogP contribution in [-0.2, 0) is 6.54 Å². The first-order chi connectivity index (χ1) is 5.74. The standard InChI is InChI=1S/C9H13NTe.Li/c1-10(2)7-8-5-3-4-6-9(8)11;/h3-6,11H,7H2,1-2H3;/q;+1/p-1. The van der Waals surface area contributed by atoms with E-state index in [0.29, 0.717) is 0 Å². The van der Waals surface area contributed by atoms with Crippen LogP contribution in [-0.4, -0.2) is 51.6 Å². The normalized spacial score (nSPS) is 10.8. The van der Waals surface area contributed by atoms with Crippen LogP contribution >= 0.6 is 0 Å². The summed E-state index contributed by atoms with van der Waals surface area (Å²) in [6.07, 6.45) is 0. The van der Waals surface area contributed by atoms with Crippen LogP contribution in [0.1, 0.15) is 5.56 Å². The maximum atomic E-state index is 2.33. The van der Waals surface area contributed by atoms with Crippen molar-refractivity contribution < 1.29 is 0 Å². The minimum atomic E-state index is 0.0654. The van der Waals surface area contributed by atoms with Gasteiger partial charge in [-0.2, -0.15) is 0 Å². The molecule has 0 bridgehead atoms. The Balaban J connectivity index is 2.82. The van der Waals surface area contributed by atoms with Gasteiger partial charge in [0.2, 0.25) is 0 Å². The van der Waals surface area contributed by atoms with Crippen molar-refractivity contribution in [1.29, 1.82) is 0 Å². The molecule has 3 heteroatoms. The number of hydrogen-bond donors (Lipinski definition) is 0.